The van der Waals surface area contributed by atoms with Gasteiger partial charge in [0.2, 0.25) is 0 Å². The van der Waals surface area contributed by atoms with Crippen LogP contribution in [0.25, 0.3) is 0 Å². The lowest BCUT2D eigenvalue weighted by Gasteiger charge is -2.06. The third-order valence-corrected chi connectivity index (χ3v) is 2.58. The van der Waals surface area contributed by atoms with E-state index in [-0.39, 0.29) is 6.61 Å². The van der Waals surface area contributed by atoms with E-state index in [1.165, 1.54) is 5.56 Å². The molecule has 1 atom stereocenters. The number of hydrogen-bond donors (Lipinski definition) is 1. The highest BCUT2D eigenvalue weighted by Gasteiger charge is 2.23. The van der Waals surface area contributed by atoms with E-state index in [2.05, 4.69) is 0 Å². The van der Waals surface area contributed by atoms with Crippen molar-refractivity contribution in [3.05, 3.63) is 23.8 Å². The van der Waals surface area contributed by atoms with Crippen molar-refractivity contribution < 1.29 is 14.6 Å². The SMILES string of the molecule is COc1ccc2c(c1)OC[C@H]2CCO. The summed E-state index contributed by atoms with van der Waals surface area (Å²) in [6.07, 6.45) is 0.763. The van der Waals surface area contributed by atoms with Crippen LogP contribution in [0.4, 0.5) is 0 Å². The summed E-state index contributed by atoms with van der Waals surface area (Å²) in [6, 6.07) is 5.84. The molecule has 0 radical (unpaired) electrons. The fraction of sp³-hybridized carbons (Fsp3) is 0.455. The number of rotatable bonds is 3. The summed E-state index contributed by atoms with van der Waals surface area (Å²) in [5.41, 5.74) is 1.18. The quantitative estimate of drug-likeness (QED) is 0.793. The molecule has 1 aliphatic heterocycles. The normalized spacial score (nSPS) is 18.9. The van der Waals surface area contributed by atoms with Crippen LogP contribution in [0.15, 0.2) is 18.2 Å². The summed E-state index contributed by atoms with van der Waals surface area (Å²) < 4.78 is 10.6. The topological polar surface area (TPSA) is 38.7 Å². The van der Waals surface area contributed by atoms with Gasteiger partial charge in [0.1, 0.15) is 11.5 Å². The Kier molecular flexibility index (Phi) is 2.59. The van der Waals surface area contributed by atoms with E-state index in [0.29, 0.717) is 12.5 Å². The lowest BCUT2D eigenvalue weighted by molar-refractivity contribution is 0.254. The van der Waals surface area contributed by atoms with Crippen LogP contribution in [0.2, 0.25) is 0 Å². The molecule has 0 bridgehead atoms. The molecule has 0 amide bonds. The molecule has 1 aromatic rings. The summed E-state index contributed by atoms with van der Waals surface area (Å²) in [6.45, 7) is 0.878. The van der Waals surface area contributed by atoms with Crippen molar-refractivity contribution in [1.29, 1.82) is 0 Å². The van der Waals surface area contributed by atoms with Crippen LogP contribution >= 0.6 is 0 Å². The van der Waals surface area contributed by atoms with E-state index in [9.17, 15) is 0 Å². The van der Waals surface area contributed by atoms with E-state index < -0.39 is 0 Å². The maximum Gasteiger partial charge on any atom is 0.126 e. The van der Waals surface area contributed by atoms with Crippen LogP contribution in [-0.2, 0) is 0 Å². The molecule has 0 aromatic heterocycles. The van der Waals surface area contributed by atoms with E-state index in [1.54, 1.807) is 7.11 Å². The van der Waals surface area contributed by atoms with Gasteiger partial charge in [0.15, 0.2) is 0 Å². The van der Waals surface area contributed by atoms with E-state index >= 15 is 0 Å². The van der Waals surface area contributed by atoms with Gasteiger partial charge in [0.05, 0.1) is 13.7 Å². The lowest BCUT2D eigenvalue weighted by Crippen LogP contribution is -2.02. The highest BCUT2D eigenvalue weighted by molar-refractivity contribution is 5.45. The largest absolute Gasteiger partial charge is 0.497 e. The van der Waals surface area contributed by atoms with Gasteiger partial charge in [-0.1, -0.05) is 6.07 Å². The molecule has 1 heterocycles. The fourth-order valence-electron chi connectivity index (χ4n) is 1.78. The first-order valence-corrected chi connectivity index (χ1v) is 4.76. The summed E-state index contributed by atoms with van der Waals surface area (Å²) in [7, 11) is 1.64. The first kappa shape index (κ1) is 9.34. The van der Waals surface area contributed by atoms with Crippen LogP contribution in [-0.4, -0.2) is 25.4 Å². The third-order valence-electron chi connectivity index (χ3n) is 2.58. The molecule has 76 valence electrons. The number of methoxy groups -OCH3 is 1. The summed E-state index contributed by atoms with van der Waals surface area (Å²) >= 11 is 0. The Morgan fingerprint density at radius 2 is 2.43 bits per heavy atom. The number of ether oxygens (including phenoxy) is 2. The summed E-state index contributed by atoms with van der Waals surface area (Å²) in [4.78, 5) is 0. The molecule has 3 nitrogen and oxygen atoms in total. The minimum Gasteiger partial charge on any atom is -0.497 e. The standard InChI is InChI=1S/C11H14O3/c1-13-9-2-3-10-8(4-5-12)7-14-11(10)6-9/h2-3,6,8,12H,4-5,7H2,1H3/t8-/m1/s1. The van der Waals surface area contributed by atoms with Crippen molar-refractivity contribution in [3.8, 4) is 11.5 Å². The van der Waals surface area contributed by atoms with E-state index in [0.717, 1.165) is 17.9 Å². The number of benzene rings is 1. The van der Waals surface area contributed by atoms with Gasteiger partial charge in [-0.3, -0.25) is 0 Å². The second kappa shape index (κ2) is 3.88. The van der Waals surface area contributed by atoms with Gasteiger partial charge in [-0.2, -0.15) is 0 Å². The van der Waals surface area contributed by atoms with Crippen molar-refractivity contribution in [1.82, 2.24) is 0 Å². The maximum absolute atomic E-state index is 8.87. The molecule has 1 aromatic carbocycles. The average molecular weight is 194 g/mol. The van der Waals surface area contributed by atoms with E-state index in [1.807, 2.05) is 18.2 Å². The Morgan fingerprint density at radius 3 is 3.14 bits per heavy atom. The van der Waals surface area contributed by atoms with Gasteiger partial charge in [-0.05, 0) is 12.5 Å². The molecule has 0 aliphatic carbocycles. The first-order valence-electron chi connectivity index (χ1n) is 4.76. The van der Waals surface area contributed by atoms with Crippen molar-refractivity contribution in [3.63, 3.8) is 0 Å². The monoisotopic (exact) mass is 194 g/mol. The second-order valence-electron chi connectivity index (χ2n) is 3.42. The molecular formula is C11H14O3. The van der Waals surface area contributed by atoms with Crippen LogP contribution < -0.4 is 9.47 Å². The Bertz CT molecular complexity index is 322. The van der Waals surface area contributed by atoms with Gasteiger partial charge >= 0.3 is 0 Å². The Hall–Kier alpha value is -1.22. The van der Waals surface area contributed by atoms with Crippen LogP contribution in [0, 0.1) is 0 Å². The number of aliphatic hydroxyl groups is 1. The smallest absolute Gasteiger partial charge is 0.126 e. The molecule has 0 unspecified atom stereocenters. The Balaban J connectivity index is 2.24. The highest BCUT2D eigenvalue weighted by atomic mass is 16.5. The van der Waals surface area contributed by atoms with Crippen LogP contribution in [0.5, 0.6) is 11.5 Å². The lowest BCUT2D eigenvalue weighted by atomic mass is 9.98. The minimum atomic E-state index is 0.208. The van der Waals surface area contributed by atoms with Gasteiger partial charge in [-0.25, -0.2) is 0 Å². The molecule has 0 saturated heterocycles. The third kappa shape index (κ3) is 1.55. The highest BCUT2D eigenvalue weighted by Crippen LogP contribution is 2.37. The van der Waals surface area contributed by atoms with Crippen LogP contribution in [0.3, 0.4) is 0 Å². The number of aliphatic hydroxyl groups excluding tert-OH is 1. The molecule has 1 N–H and O–H groups in total. The summed E-state index contributed by atoms with van der Waals surface area (Å²) in [5, 5.41) is 8.87. The maximum atomic E-state index is 8.87. The molecule has 0 saturated carbocycles. The zero-order valence-electron chi connectivity index (χ0n) is 8.19. The molecule has 0 spiro atoms. The molecule has 3 heteroatoms. The predicted molar refractivity (Wildman–Crippen MR) is 52.9 cm³/mol. The molecule has 0 fully saturated rings. The fourth-order valence-corrected chi connectivity index (χ4v) is 1.78. The van der Waals surface area contributed by atoms with Crippen molar-refractivity contribution >= 4 is 0 Å². The van der Waals surface area contributed by atoms with Gasteiger partial charge in [0.25, 0.3) is 0 Å². The second-order valence-corrected chi connectivity index (χ2v) is 3.42. The molecule has 1 aliphatic rings. The van der Waals surface area contributed by atoms with Gasteiger partial charge < -0.3 is 14.6 Å². The molecule has 2 rings (SSSR count). The van der Waals surface area contributed by atoms with E-state index in [4.69, 9.17) is 14.6 Å². The van der Waals surface area contributed by atoms with Crippen LogP contribution in [0.1, 0.15) is 17.9 Å². The average Bonchev–Trinajstić information content (AvgIpc) is 2.61. The van der Waals surface area contributed by atoms with Crippen molar-refractivity contribution in [2.75, 3.05) is 20.3 Å². The predicted octanol–water partition coefficient (Wildman–Crippen LogP) is 1.55. The van der Waals surface area contributed by atoms with Gasteiger partial charge in [0, 0.05) is 24.2 Å². The van der Waals surface area contributed by atoms with Gasteiger partial charge in [-0.15, -0.1) is 0 Å². The first-order chi connectivity index (χ1) is 6.85. The number of hydrogen-bond acceptors (Lipinski definition) is 3. The summed E-state index contributed by atoms with van der Waals surface area (Å²) in [5.74, 6) is 2.04. The minimum absolute atomic E-state index is 0.208. The zero-order valence-corrected chi connectivity index (χ0v) is 8.19. The van der Waals surface area contributed by atoms with Crippen molar-refractivity contribution in [2.24, 2.45) is 0 Å². The number of fused-ring (bicyclic) bond motifs is 1. The molecule has 14 heavy (non-hydrogen) atoms. The molecular weight excluding hydrogens is 180 g/mol. The Morgan fingerprint density at radius 1 is 1.57 bits per heavy atom. The van der Waals surface area contributed by atoms with Crippen molar-refractivity contribution in [2.45, 2.75) is 12.3 Å². The zero-order chi connectivity index (χ0) is 9.97. The Labute approximate surface area is 83.3 Å².